The number of rotatable bonds is 5. The van der Waals surface area contributed by atoms with Gasteiger partial charge in [-0.1, -0.05) is 11.3 Å². The van der Waals surface area contributed by atoms with Crippen molar-refractivity contribution in [3.63, 3.8) is 0 Å². The summed E-state index contributed by atoms with van der Waals surface area (Å²) >= 11 is 1.35. The van der Waals surface area contributed by atoms with Crippen LogP contribution in [0.25, 0.3) is 0 Å². The Hall–Kier alpha value is -1.34. The van der Waals surface area contributed by atoms with Crippen LogP contribution in [0.15, 0.2) is 0 Å². The third-order valence-corrected chi connectivity index (χ3v) is 4.46. The van der Waals surface area contributed by atoms with Gasteiger partial charge in [0.05, 0.1) is 0 Å². The van der Waals surface area contributed by atoms with Crippen LogP contribution in [0, 0.1) is 0 Å². The molecule has 1 fully saturated rings. The third kappa shape index (κ3) is 3.85. The van der Waals surface area contributed by atoms with Crippen LogP contribution >= 0.6 is 11.3 Å². The summed E-state index contributed by atoms with van der Waals surface area (Å²) in [7, 11) is 4.07. The zero-order valence-corrected chi connectivity index (χ0v) is 14.0. The topological polar surface area (TPSA) is 74.5 Å². The molecule has 1 saturated heterocycles. The van der Waals surface area contributed by atoms with Gasteiger partial charge in [-0.05, 0) is 40.8 Å². The van der Waals surface area contributed by atoms with Crippen molar-refractivity contribution in [1.82, 2.24) is 14.8 Å². The number of nitrogens with zero attached hydrogens (tertiary/aromatic N) is 3. The minimum absolute atomic E-state index is 0.0196. The van der Waals surface area contributed by atoms with Crippen LogP contribution in [-0.4, -0.2) is 60.0 Å². The third-order valence-electron chi connectivity index (χ3n) is 3.47. The number of nitrogens with two attached hydrogens (primary N) is 1. The van der Waals surface area contributed by atoms with Gasteiger partial charge in [-0.25, -0.2) is 4.98 Å². The molecule has 0 aliphatic carbocycles. The molecule has 1 atom stereocenters. The predicted octanol–water partition coefficient (Wildman–Crippen LogP) is 1.71. The number of likely N-dealkylation sites (N-methyl/N-ethyl adjacent to an activating group) is 1. The largest absolute Gasteiger partial charge is 0.382 e. The van der Waals surface area contributed by atoms with E-state index in [0.717, 1.165) is 25.9 Å². The minimum atomic E-state index is 0.0196. The summed E-state index contributed by atoms with van der Waals surface area (Å²) in [5.74, 6) is 0.356. The Morgan fingerprint density at radius 2 is 2.29 bits per heavy atom. The summed E-state index contributed by atoms with van der Waals surface area (Å²) in [6.07, 6.45) is 2.11. The van der Waals surface area contributed by atoms with E-state index < -0.39 is 0 Å². The molecular weight excluding hydrogens is 286 g/mol. The molecule has 1 aliphatic heterocycles. The van der Waals surface area contributed by atoms with Crippen LogP contribution in [0.1, 0.15) is 36.4 Å². The highest BCUT2D eigenvalue weighted by molar-refractivity contribution is 7.18. The van der Waals surface area contributed by atoms with E-state index in [9.17, 15) is 4.79 Å². The maximum atomic E-state index is 12.7. The molecule has 2 heterocycles. The average Bonchev–Trinajstić information content (AvgIpc) is 2.94. The van der Waals surface area contributed by atoms with Crippen molar-refractivity contribution in [1.29, 1.82) is 0 Å². The first-order chi connectivity index (χ1) is 9.88. The van der Waals surface area contributed by atoms with Crippen LogP contribution in [-0.2, 0) is 0 Å². The summed E-state index contributed by atoms with van der Waals surface area (Å²) in [6, 6.07) is 0.544. The number of nitrogen functional groups attached to an aromatic ring is 1. The first-order valence-corrected chi connectivity index (χ1v) is 8.18. The Morgan fingerprint density at radius 1 is 1.57 bits per heavy atom. The highest BCUT2D eigenvalue weighted by Gasteiger charge is 2.32. The maximum absolute atomic E-state index is 12.7. The normalized spacial score (nSPS) is 18.8. The summed E-state index contributed by atoms with van der Waals surface area (Å²) in [6.45, 7) is 5.77. The Morgan fingerprint density at radius 3 is 2.90 bits per heavy atom. The van der Waals surface area contributed by atoms with Crippen molar-refractivity contribution in [2.45, 2.75) is 38.8 Å². The van der Waals surface area contributed by atoms with Crippen LogP contribution < -0.4 is 11.1 Å². The molecule has 118 valence electrons. The van der Waals surface area contributed by atoms with Crippen LogP contribution in [0.5, 0.6) is 0 Å². The summed E-state index contributed by atoms with van der Waals surface area (Å²) in [5, 5.41) is 3.92. The number of aromatic nitrogens is 1. The quantitative estimate of drug-likeness (QED) is 0.866. The fourth-order valence-corrected chi connectivity index (χ4v) is 3.63. The van der Waals surface area contributed by atoms with Gasteiger partial charge in [0.15, 0.2) is 5.13 Å². The second-order valence-corrected chi connectivity index (χ2v) is 7.09. The lowest BCUT2D eigenvalue weighted by molar-refractivity contribution is 0.0722. The SMILES string of the molecule is CC(C)Nc1nc(N)c(C(=O)N2CCCC2CN(C)C)s1. The first-order valence-electron chi connectivity index (χ1n) is 7.37. The minimum Gasteiger partial charge on any atom is -0.382 e. The lowest BCUT2D eigenvalue weighted by atomic mass is 10.2. The molecule has 0 spiro atoms. The van der Waals surface area contributed by atoms with Crippen molar-refractivity contribution in [2.24, 2.45) is 0 Å². The van der Waals surface area contributed by atoms with Gasteiger partial charge in [0, 0.05) is 25.2 Å². The smallest absolute Gasteiger partial charge is 0.268 e. The van der Waals surface area contributed by atoms with E-state index in [1.807, 2.05) is 32.8 Å². The molecule has 0 bridgehead atoms. The molecule has 21 heavy (non-hydrogen) atoms. The highest BCUT2D eigenvalue weighted by Crippen LogP contribution is 2.29. The highest BCUT2D eigenvalue weighted by atomic mass is 32.1. The monoisotopic (exact) mass is 311 g/mol. The number of carbonyl (C=O) groups is 1. The van der Waals surface area contributed by atoms with Crippen molar-refractivity contribution in [2.75, 3.05) is 38.2 Å². The maximum Gasteiger partial charge on any atom is 0.268 e. The molecule has 1 unspecified atom stereocenters. The number of nitrogens with one attached hydrogen (secondary N) is 1. The van der Waals surface area contributed by atoms with Crippen molar-refractivity contribution >= 4 is 28.2 Å². The van der Waals surface area contributed by atoms with E-state index >= 15 is 0 Å². The number of likely N-dealkylation sites (tertiary alicyclic amines) is 1. The Bertz CT molecular complexity index is 500. The molecular formula is C14H25N5OS. The molecule has 7 heteroatoms. The number of thiazole rings is 1. The van der Waals surface area contributed by atoms with E-state index in [1.54, 1.807) is 0 Å². The van der Waals surface area contributed by atoms with Gasteiger partial charge >= 0.3 is 0 Å². The lowest BCUT2D eigenvalue weighted by Gasteiger charge is -2.26. The summed E-state index contributed by atoms with van der Waals surface area (Å²) in [5.41, 5.74) is 5.93. The number of carbonyl (C=O) groups excluding carboxylic acids is 1. The molecule has 0 radical (unpaired) electrons. The molecule has 1 aromatic heterocycles. The van der Waals surface area contributed by atoms with Crippen LogP contribution in [0.3, 0.4) is 0 Å². The lowest BCUT2D eigenvalue weighted by Crippen LogP contribution is -2.41. The van der Waals surface area contributed by atoms with E-state index in [0.29, 0.717) is 15.8 Å². The fourth-order valence-electron chi connectivity index (χ4n) is 2.64. The standard InChI is InChI=1S/C14H25N5OS/c1-9(2)16-14-17-12(15)11(21-14)13(20)19-7-5-6-10(19)8-18(3)4/h9-10H,5-8,15H2,1-4H3,(H,16,17). The average molecular weight is 311 g/mol. The number of anilines is 2. The molecule has 6 nitrogen and oxygen atoms in total. The molecule has 0 aromatic carbocycles. The Kier molecular flexibility index (Phi) is 5.05. The van der Waals surface area contributed by atoms with Gasteiger partial charge in [0.25, 0.3) is 5.91 Å². The number of amides is 1. The van der Waals surface area contributed by atoms with E-state index in [2.05, 4.69) is 15.2 Å². The summed E-state index contributed by atoms with van der Waals surface area (Å²) in [4.78, 5) is 21.6. The van der Waals surface area contributed by atoms with E-state index in [-0.39, 0.29) is 18.0 Å². The van der Waals surface area contributed by atoms with Crippen LogP contribution in [0.4, 0.5) is 10.9 Å². The molecule has 3 N–H and O–H groups in total. The molecule has 2 rings (SSSR count). The molecule has 1 aromatic rings. The summed E-state index contributed by atoms with van der Waals surface area (Å²) < 4.78 is 0. The number of hydrogen-bond acceptors (Lipinski definition) is 6. The molecule has 1 amide bonds. The fraction of sp³-hybridized carbons (Fsp3) is 0.714. The first kappa shape index (κ1) is 16.0. The van der Waals surface area contributed by atoms with E-state index in [4.69, 9.17) is 5.73 Å². The molecule has 0 saturated carbocycles. The molecule has 1 aliphatic rings. The van der Waals surface area contributed by atoms with E-state index in [1.165, 1.54) is 11.3 Å². The van der Waals surface area contributed by atoms with Crippen molar-refractivity contribution in [3.8, 4) is 0 Å². The second-order valence-electron chi connectivity index (χ2n) is 6.09. The van der Waals surface area contributed by atoms with Gasteiger partial charge in [0.2, 0.25) is 0 Å². The Labute approximate surface area is 130 Å². The zero-order valence-electron chi connectivity index (χ0n) is 13.2. The Balaban J connectivity index is 2.13. The van der Waals surface area contributed by atoms with Gasteiger partial charge in [-0.3, -0.25) is 4.79 Å². The number of hydrogen-bond donors (Lipinski definition) is 2. The second kappa shape index (κ2) is 6.62. The van der Waals surface area contributed by atoms with Crippen molar-refractivity contribution < 1.29 is 4.79 Å². The zero-order chi connectivity index (χ0) is 15.6. The van der Waals surface area contributed by atoms with Gasteiger partial charge < -0.3 is 20.9 Å². The predicted molar refractivity (Wildman–Crippen MR) is 87.9 cm³/mol. The van der Waals surface area contributed by atoms with Gasteiger partial charge in [-0.2, -0.15) is 0 Å². The van der Waals surface area contributed by atoms with Gasteiger partial charge in [0.1, 0.15) is 10.7 Å². The van der Waals surface area contributed by atoms with Gasteiger partial charge in [-0.15, -0.1) is 0 Å². The van der Waals surface area contributed by atoms with Crippen LogP contribution in [0.2, 0.25) is 0 Å². The van der Waals surface area contributed by atoms with Crippen molar-refractivity contribution in [3.05, 3.63) is 4.88 Å².